The molecule has 4 rings (SSSR count). The normalized spacial score (nSPS) is 13.4. The molecule has 0 amide bonds. The fourth-order valence-corrected chi connectivity index (χ4v) is 3.06. The van der Waals surface area contributed by atoms with E-state index in [-0.39, 0.29) is 0 Å². The van der Waals surface area contributed by atoms with Crippen molar-refractivity contribution in [3.8, 4) is 11.6 Å². The minimum absolute atomic E-state index is 0.550. The maximum absolute atomic E-state index is 4.44. The molecule has 1 aromatic carbocycles. The van der Waals surface area contributed by atoms with Crippen molar-refractivity contribution in [2.45, 2.75) is 13.0 Å². The van der Waals surface area contributed by atoms with Gasteiger partial charge in [-0.15, -0.1) is 0 Å². The van der Waals surface area contributed by atoms with Crippen LogP contribution in [-0.4, -0.2) is 40.6 Å². The molecule has 0 saturated carbocycles. The first kappa shape index (κ1) is 15.5. The van der Waals surface area contributed by atoms with E-state index < -0.39 is 0 Å². The number of aromatic nitrogens is 4. The number of rotatable bonds is 3. The van der Waals surface area contributed by atoms with Crippen LogP contribution in [-0.2, 0) is 13.0 Å². The second kappa shape index (κ2) is 6.47. The predicted molar refractivity (Wildman–Crippen MR) is 98.6 cm³/mol. The monoisotopic (exact) mass is 332 g/mol. The molecular formula is C19H20N6. The molecule has 2 aromatic heterocycles. The second-order valence-electron chi connectivity index (χ2n) is 6.36. The Bertz CT molecular complexity index is 861. The van der Waals surface area contributed by atoms with E-state index in [4.69, 9.17) is 0 Å². The summed E-state index contributed by atoms with van der Waals surface area (Å²) in [5.41, 5.74) is 5.05. The summed E-state index contributed by atoms with van der Waals surface area (Å²) in [6, 6.07) is 8.49. The van der Waals surface area contributed by atoms with E-state index >= 15 is 0 Å². The molecule has 25 heavy (non-hydrogen) atoms. The zero-order chi connectivity index (χ0) is 17.2. The molecule has 0 unspecified atom stereocenters. The van der Waals surface area contributed by atoms with Crippen LogP contribution < -0.4 is 9.80 Å². The molecule has 0 spiro atoms. The highest BCUT2D eigenvalue weighted by atomic mass is 15.2. The minimum atomic E-state index is 0.550. The molecule has 0 atom stereocenters. The lowest BCUT2D eigenvalue weighted by Gasteiger charge is -2.31. The molecular weight excluding hydrogens is 312 g/mol. The van der Waals surface area contributed by atoms with Crippen molar-refractivity contribution >= 4 is 11.4 Å². The summed E-state index contributed by atoms with van der Waals surface area (Å²) in [5.74, 6) is 1.10. The highest BCUT2D eigenvalue weighted by Gasteiger charge is 2.18. The SMILES string of the molecule is CN(C)c1ccc2c(c1)CN(c1cnc(-c3ncccn3)nc1)CC2. The van der Waals surface area contributed by atoms with Crippen molar-refractivity contribution in [3.63, 3.8) is 0 Å². The molecule has 126 valence electrons. The summed E-state index contributed by atoms with van der Waals surface area (Å²) in [6.07, 6.45) is 8.15. The Kier molecular flexibility index (Phi) is 4.01. The third-order valence-corrected chi connectivity index (χ3v) is 4.49. The number of anilines is 2. The lowest BCUT2D eigenvalue weighted by Crippen LogP contribution is -2.30. The molecule has 0 aliphatic carbocycles. The molecule has 1 aliphatic rings. The average molecular weight is 332 g/mol. The van der Waals surface area contributed by atoms with Crippen LogP contribution in [0.5, 0.6) is 0 Å². The topological polar surface area (TPSA) is 58.0 Å². The largest absolute Gasteiger partial charge is 0.378 e. The van der Waals surface area contributed by atoms with E-state index in [2.05, 4.69) is 62.0 Å². The van der Waals surface area contributed by atoms with Gasteiger partial charge in [0.25, 0.3) is 0 Å². The molecule has 0 saturated heterocycles. The van der Waals surface area contributed by atoms with Gasteiger partial charge in [0.1, 0.15) is 0 Å². The van der Waals surface area contributed by atoms with Gasteiger partial charge in [0, 0.05) is 45.3 Å². The Morgan fingerprint density at radius 1 is 0.920 bits per heavy atom. The van der Waals surface area contributed by atoms with Gasteiger partial charge in [0.15, 0.2) is 11.6 Å². The third kappa shape index (κ3) is 3.15. The number of benzene rings is 1. The van der Waals surface area contributed by atoms with Crippen molar-refractivity contribution in [2.24, 2.45) is 0 Å². The van der Waals surface area contributed by atoms with Gasteiger partial charge >= 0.3 is 0 Å². The van der Waals surface area contributed by atoms with Gasteiger partial charge in [-0.3, -0.25) is 0 Å². The summed E-state index contributed by atoms with van der Waals surface area (Å²) >= 11 is 0. The standard InChI is InChI=1S/C19H20N6/c1-24(2)16-5-4-14-6-9-25(13-15(14)10-16)17-11-22-19(23-12-17)18-20-7-3-8-21-18/h3-5,7-8,10-12H,6,9,13H2,1-2H3. The van der Waals surface area contributed by atoms with E-state index in [0.717, 1.165) is 25.2 Å². The Labute approximate surface area is 147 Å². The van der Waals surface area contributed by atoms with Gasteiger partial charge in [-0.1, -0.05) is 6.07 Å². The van der Waals surface area contributed by atoms with Crippen LogP contribution in [0.1, 0.15) is 11.1 Å². The Hall–Kier alpha value is -3.02. The Balaban J connectivity index is 1.56. The van der Waals surface area contributed by atoms with Gasteiger partial charge in [-0.2, -0.15) is 0 Å². The number of hydrogen-bond donors (Lipinski definition) is 0. The van der Waals surface area contributed by atoms with E-state index in [0.29, 0.717) is 11.6 Å². The van der Waals surface area contributed by atoms with Crippen LogP contribution >= 0.6 is 0 Å². The number of nitrogens with zero attached hydrogens (tertiary/aromatic N) is 6. The van der Waals surface area contributed by atoms with Gasteiger partial charge in [-0.25, -0.2) is 19.9 Å². The second-order valence-corrected chi connectivity index (χ2v) is 6.36. The third-order valence-electron chi connectivity index (χ3n) is 4.49. The highest BCUT2D eigenvalue weighted by molar-refractivity contribution is 5.55. The van der Waals surface area contributed by atoms with Crippen molar-refractivity contribution in [1.29, 1.82) is 0 Å². The maximum Gasteiger partial charge on any atom is 0.197 e. The number of fused-ring (bicyclic) bond motifs is 1. The summed E-state index contributed by atoms with van der Waals surface area (Å²) in [4.78, 5) is 21.7. The first-order valence-electron chi connectivity index (χ1n) is 8.34. The van der Waals surface area contributed by atoms with Crippen LogP contribution in [0.4, 0.5) is 11.4 Å². The molecule has 6 nitrogen and oxygen atoms in total. The molecule has 3 aromatic rings. The quantitative estimate of drug-likeness (QED) is 0.735. The van der Waals surface area contributed by atoms with Crippen LogP contribution in [0.2, 0.25) is 0 Å². The van der Waals surface area contributed by atoms with Crippen molar-refractivity contribution in [2.75, 3.05) is 30.4 Å². The minimum Gasteiger partial charge on any atom is -0.378 e. The van der Waals surface area contributed by atoms with Crippen molar-refractivity contribution in [1.82, 2.24) is 19.9 Å². The van der Waals surface area contributed by atoms with Crippen LogP contribution in [0.3, 0.4) is 0 Å². The molecule has 3 heterocycles. The fraction of sp³-hybridized carbons (Fsp3) is 0.263. The zero-order valence-corrected chi connectivity index (χ0v) is 14.4. The molecule has 0 fully saturated rings. The summed E-state index contributed by atoms with van der Waals surface area (Å²) in [6.45, 7) is 1.85. The maximum atomic E-state index is 4.44. The smallest absolute Gasteiger partial charge is 0.197 e. The van der Waals surface area contributed by atoms with E-state index in [1.54, 1.807) is 18.5 Å². The Morgan fingerprint density at radius 3 is 2.36 bits per heavy atom. The van der Waals surface area contributed by atoms with E-state index in [1.807, 2.05) is 12.4 Å². The lowest BCUT2D eigenvalue weighted by atomic mass is 9.98. The molecule has 1 aliphatic heterocycles. The van der Waals surface area contributed by atoms with Crippen LogP contribution in [0.25, 0.3) is 11.6 Å². The first-order valence-corrected chi connectivity index (χ1v) is 8.34. The molecule has 0 bridgehead atoms. The van der Waals surface area contributed by atoms with Crippen LogP contribution in [0.15, 0.2) is 49.1 Å². The average Bonchev–Trinajstić information content (AvgIpc) is 2.68. The molecule has 0 N–H and O–H groups in total. The van der Waals surface area contributed by atoms with Gasteiger partial charge in [0.05, 0.1) is 18.1 Å². The fourth-order valence-electron chi connectivity index (χ4n) is 3.06. The van der Waals surface area contributed by atoms with Gasteiger partial charge < -0.3 is 9.80 Å². The lowest BCUT2D eigenvalue weighted by molar-refractivity contribution is 0.727. The summed E-state index contributed by atoms with van der Waals surface area (Å²) < 4.78 is 0. The Morgan fingerprint density at radius 2 is 1.64 bits per heavy atom. The zero-order valence-electron chi connectivity index (χ0n) is 14.4. The van der Waals surface area contributed by atoms with E-state index in [9.17, 15) is 0 Å². The van der Waals surface area contributed by atoms with Gasteiger partial charge in [0.2, 0.25) is 0 Å². The van der Waals surface area contributed by atoms with Gasteiger partial charge in [-0.05, 0) is 35.7 Å². The van der Waals surface area contributed by atoms with Crippen molar-refractivity contribution in [3.05, 3.63) is 60.2 Å². The molecule has 0 radical (unpaired) electrons. The predicted octanol–water partition coefficient (Wildman–Crippen LogP) is 2.56. The number of hydrogen-bond acceptors (Lipinski definition) is 6. The van der Waals surface area contributed by atoms with E-state index in [1.165, 1.54) is 16.8 Å². The molecule has 6 heteroatoms. The van der Waals surface area contributed by atoms with Crippen molar-refractivity contribution < 1.29 is 0 Å². The summed E-state index contributed by atoms with van der Waals surface area (Å²) in [5, 5.41) is 0. The summed E-state index contributed by atoms with van der Waals surface area (Å²) in [7, 11) is 4.14. The van der Waals surface area contributed by atoms with Crippen LogP contribution in [0, 0.1) is 0 Å². The highest BCUT2D eigenvalue weighted by Crippen LogP contribution is 2.27. The first-order chi connectivity index (χ1) is 12.2.